The molecule has 3 rings (SSSR count). The van der Waals surface area contributed by atoms with E-state index in [1.54, 1.807) is 0 Å². The number of benzene rings is 2. The molecular formula is C19H21BrO. The molecule has 0 bridgehead atoms. The summed E-state index contributed by atoms with van der Waals surface area (Å²) in [7, 11) is 0. The van der Waals surface area contributed by atoms with Gasteiger partial charge in [0.2, 0.25) is 0 Å². The third kappa shape index (κ3) is 2.30. The highest BCUT2D eigenvalue weighted by atomic mass is 79.9. The van der Waals surface area contributed by atoms with Gasteiger partial charge in [0.05, 0.1) is 5.92 Å². The molecule has 0 amide bonds. The summed E-state index contributed by atoms with van der Waals surface area (Å²) < 4.78 is 7.50. The summed E-state index contributed by atoms with van der Waals surface area (Å²) in [6.45, 7) is 10.8. The third-order valence-corrected chi connectivity index (χ3v) is 5.41. The molecule has 2 aromatic carbocycles. The SMILES string of the molecule is Cc1ccc(C2c3cc(Br)c(C)c(C)c3OC2(C)C)cc1. The first kappa shape index (κ1) is 14.6. The Hall–Kier alpha value is -1.28. The molecule has 1 unspecified atom stereocenters. The first-order valence-corrected chi connectivity index (χ1v) is 8.15. The van der Waals surface area contributed by atoms with Crippen molar-refractivity contribution in [3.05, 3.63) is 62.6 Å². The lowest BCUT2D eigenvalue weighted by atomic mass is 9.80. The van der Waals surface area contributed by atoms with Crippen LogP contribution < -0.4 is 4.74 Å². The number of ether oxygens (including phenoxy) is 1. The Kier molecular flexibility index (Phi) is 3.40. The molecule has 2 aromatic rings. The molecule has 0 aromatic heterocycles. The Bertz CT molecular complexity index is 698. The molecule has 1 atom stereocenters. The van der Waals surface area contributed by atoms with Crippen LogP contribution in [0.15, 0.2) is 34.8 Å². The fourth-order valence-electron chi connectivity index (χ4n) is 3.26. The van der Waals surface area contributed by atoms with E-state index in [1.807, 2.05) is 0 Å². The second kappa shape index (κ2) is 4.88. The van der Waals surface area contributed by atoms with Crippen LogP contribution in [0.2, 0.25) is 0 Å². The number of fused-ring (bicyclic) bond motifs is 1. The van der Waals surface area contributed by atoms with Gasteiger partial charge >= 0.3 is 0 Å². The summed E-state index contributed by atoms with van der Waals surface area (Å²) >= 11 is 3.69. The second-order valence-corrected chi connectivity index (χ2v) is 7.43. The number of aryl methyl sites for hydroxylation is 1. The zero-order chi connectivity index (χ0) is 15.4. The largest absolute Gasteiger partial charge is 0.486 e. The molecule has 2 heteroatoms. The van der Waals surface area contributed by atoms with Crippen molar-refractivity contribution in [2.24, 2.45) is 0 Å². The highest BCUT2D eigenvalue weighted by Gasteiger charge is 2.43. The molecule has 1 aliphatic rings. The molecule has 0 aliphatic carbocycles. The Morgan fingerprint density at radius 3 is 2.24 bits per heavy atom. The van der Waals surface area contributed by atoms with Crippen LogP contribution in [-0.4, -0.2) is 5.60 Å². The summed E-state index contributed by atoms with van der Waals surface area (Å²) in [5.74, 6) is 1.33. The van der Waals surface area contributed by atoms with E-state index < -0.39 is 0 Å². The van der Waals surface area contributed by atoms with E-state index in [2.05, 4.69) is 80.9 Å². The number of hydrogen-bond acceptors (Lipinski definition) is 1. The van der Waals surface area contributed by atoms with Crippen LogP contribution in [0.1, 0.15) is 47.6 Å². The summed E-state index contributed by atoms with van der Waals surface area (Å²) in [5, 5.41) is 0. The Labute approximate surface area is 135 Å². The van der Waals surface area contributed by atoms with E-state index in [0.29, 0.717) is 0 Å². The van der Waals surface area contributed by atoms with Gasteiger partial charge in [0.25, 0.3) is 0 Å². The van der Waals surface area contributed by atoms with Crippen molar-refractivity contribution in [1.29, 1.82) is 0 Å². The van der Waals surface area contributed by atoms with Crippen molar-refractivity contribution >= 4 is 15.9 Å². The van der Waals surface area contributed by atoms with Crippen LogP contribution in [-0.2, 0) is 0 Å². The van der Waals surface area contributed by atoms with Gasteiger partial charge in [0, 0.05) is 10.0 Å². The normalized spacial score (nSPS) is 19.2. The average molecular weight is 345 g/mol. The second-order valence-electron chi connectivity index (χ2n) is 6.58. The van der Waals surface area contributed by atoms with Crippen molar-refractivity contribution in [2.45, 2.75) is 46.1 Å². The van der Waals surface area contributed by atoms with Crippen molar-refractivity contribution < 1.29 is 4.74 Å². The highest BCUT2D eigenvalue weighted by molar-refractivity contribution is 9.10. The molecule has 0 N–H and O–H groups in total. The van der Waals surface area contributed by atoms with E-state index in [4.69, 9.17) is 4.74 Å². The van der Waals surface area contributed by atoms with Crippen LogP contribution in [0.5, 0.6) is 5.75 Å². The fourth-order valence-corrected chi connectivity index (χ4v) is 3.81. The maximum absolute atomic E-state index is 6.34. The first-order chi connectivity index (χ1) is 9.81. The van der Waals surface area contributed by atoms with Crippen molar-refractivity contribution in [2.75, 3.05) is 0 Å². The molecule has 110 valence electrons. The van der Waals surface area contributed by atoms with Gasteiger partial charge in [-0.15, -0.1) is 0 Å². The Morgan fingerprint density at radius 2 is 1.62 bits per heavy atom. The molecule has 0 spiro atoms. The zero-order valence-corrected chi connectivity index (χ0v) is 14.8. The van der Waals surface area contributed by atoms with Gasteiger partial charge in [-0.05, 0) is 57.4 Å². The molecular weight excluding hydrogens is 324 g/mol. The predicted molar refractivity (Wildman–Crippen MR) is 91.3 cm³/mol. The van der Waals surface area contributed by atoms with Crippen LogP contribution in [0.3, 0.4) is 0 Å². The third-order valence-electron chi connectivity index (χ3n) is 4.59. The lowest BCUT2D eigenvalue weighted by molar-refractivity contribution is 0.121. The Morgan fingerprint density at radius 1 is 1.00 bits per heavy atom. The minimum absolute atomic E-state index is 0.227. The van der Waals surface area contributed by atoms with Gasteiger partial charge in [-0.3, -0.25) is 0 Å². The van der Waals surface area contributed by atoms with Gasteiger partial charge in [-0.25, -0.2) is 0 Å². The maximum atomic E-state index is 6.34. The first-order valence-electron chi connectivity index (χ1n) is 7.36. The van der Waals surface area contributed by atoms with Gasteiger partial charge < -0.3 is 4.74 Å². The maximum Gasteiger partial charge on any atom is 0.127 e. The molecule has 21 heavy (non-hydrogen) atoms. The monoisotopic (exact) mass is 344 g/mol. The molecule has 0 saturated heterocycles. The van der Waals surface area contributed by atoms with E-state index in [1.165, 1.54) is 27.8 Å². The molecule has 0 fully saturated rings. The summed E-state index contributed by atoms with van der Waals surface area (Å²) in [6, 6.07) is 11.0. The zero-order valence-electron chi connectivity index (χ0n) is 13.3. The van der Waals surface area contributed by atoms with Gasteiger partial charge in [0.1, 0.15) is 11.4 Å². The van der Waals surface area contributed by atoms with Crippen molar-refractivity contribution in [3.63, 3.8) is 0 Å². The standard InChI is InChI=1S/C19H21BrO/c1-11-6-8-14(9-7-11)17-15-10-16(20)12(2)13(3)18(15)21-19(17,4)5/h6-10,17H,1-5H3. The molecule has 0 saturated carbocycles. The van der Waals surface area contributed by atoms with Crippen LogP contribution >= 0.6 is 15.9 Å². The predicted octanol–water partition coefficient (Wildman–Crippen LogP) is 5.68. The van der Waals surface area contributed by atoms with Crippen molar-refractivity contribution in [1.82, 2.24) is 0 Å². The average Bonchev–Trinajstić information content (AvgIpc) is 2.69. The van der Waals surface area contributed by atoms with Gasteiger partial charge in [-0.2, -0.15) is 0 Å². The van der Waals surface area contributed by atoms with Crippen LogP contribution in [0.4, 0.5) is 0 Å². The molecule has 0 radical (unpaired) electrons. The quantitative estimate of drug-likeness (QED) is 0.646. The minimum atomic E-state index is -0.227. The van der Waals surface area contributed by atoms with E-state index in [0.717, 1.165) is 10.2 Å². The van der Waals surface area contributed by atoms with Crippen molar-refractivity contribution in [3.8, 4) is 5.75 Å². The summed E-state index contributed by atoms with van der Waals surface area (Å²) in [4.78, 5) is 0. The lowest BCUT2D eigenvalue weighted by Crippen LogP contribution is -2.30. The summed E-state index contributed by atoms with van der Waals surface area (Å²) in [6.07, 6.45) is 0. The number of rotatable bonds is 1. The summed E-state index contributed by atoms with van der Waals surface area (Å²) in [5.41, 5.74) is 6.17. The topological polar surface area (TPSA) is 9.23 Å². The van der Waals surface area contributed by atoms with E-state index >= 15 is 0 Å². The van der Waals surface area contributed by atoms with E-state index in [-0.39, 0.29) is 11.5 Å². The number of hydrogen-bond donors (Lipinski definition) is 0. The van der Waals surface area contributed by atoms with Crippen LogP contribution in [0, 0.1) is 20.8 Å². The Balaban J connectivity index is 2.21. The van der Waals surface area contributed by atoms with E-state index in [9.17, 15) is 0 Å². The molecule has 1 heterocycles. The lowest BCUT2D eigenvalue weighted by Gasteiger charge is -2.27. The van der Waals surface area contributed by atoms with Gasteiger partial charge in [0.15, 0.2) is 0 Å². The molecule has 1 aliphatic heterocycles. The smallest absolute Gasteiger partial charge is 0.127 e. The highest BCUT2D eigenvalue weighted by Crippen LogP contribution is 2.51. The van der Waals surface area contributed by atoms with Gasteiger partial charge in [-0.1, -0.05) is 45.8 Å². The number of halogens is 1. The molecule has 1 nitrogen and oxygen atoms in total. The van der Waals surface area contributed by atoms with Crippen LogP contribution in [0.25, 0.3) is 0 Å². The fraction of sp³-hybridized carbons (Fsp3) is 0.368. The minimum Gasteiger partial charge on any atom is -0.486 e.